The molecule has 0 saturated heterocycles. The predicted octanol–water partition coefficient (Wildman–Crippen LogP) is 2.82. The van der Waals surface area contributed by atoms with Gasteiger partial charge in [-0.05, 0) is 50.6 Å². The molecule has 1 atom stereocenters. The highest BCUT2D eigenvalue weighted by Crippen LogP contribution is 2.35. The van der Waals surface area contributed by atoms with Crippen molar-refractivity contribution in [3.8, 4) is 11.5 Å². The van der Waals surface area contributed by atoms with E-state index in [1.54, 1.807) is 46.9 Å². The topological polar surface area (TPSA) is 84.1 Å². The summed E-state index contributed by atoms with van der Waals surface area (Å²) in [6.07, 6.45) is 1.77. The van der Waals surface area contributed by atoms with E-state index < -0.39 is 6.04 Å². The van der Waals surface area contributed by atoms with E-state index in [2.05, 4.69) is 4.99 Å². The van der Waals surface area contributed by atoms with Crippen LogP contribution in [0.4, 0.5) is 0 Å². The summed E-state index contributed by atoms with van der Waals surface area (Å²) in [6.45, 7) is 6.78. The Morgan fingerprint density at radius 3 is 2.50 bits per heavy atom. The Labute approximate surface area is 201 Å². The zero-order valence-corrected chi connectivity index (χ0v) is 20.4. The summed E-state index contributed by atoms with van der Waals surface area (Å²) < 4.78 is 7.71. The van der Waals surface area contributed by atoms with Crippen LogP contribution in [0.2, 0.25) is 0 Å². The van der Waals surface area contributed by atoms with E-state index in [1.165, 1.54) is 11.3 Å². The molecule has 1 aromatic heterocycles. The third-order valence-electron chi connectivity index (χ3n) is 5.93. The standard InChI is InChI=1S/C26H27N3O4S/c1-5-28(6-2)25(32)22-16(3)27-26-29(23(22)19-9-7-8-10-20(19)33-4)24(31)21(34-26)15-17-11-13-18(30)14-12-17/h7-15,23,30H,5-6H2,1-4H3/t23-/m0/s1. The van der Waals surface area contributed by atoms with Gasteiger partial charge in [0, 0.05) is 18.7 Å². The molecule has 1 amide bonds. The van der Waals surface area contributed by atoms with Crippen LogP contribution in [0.25, 0.3) is 6.08 Å². The van der Waals surface area contributed by atoms with Crippen molar-refractivity contribution in [1.29, 1.82) is 0 Å². The molecule has 7 nitrogen and oxygen atoms in total. The van der Waals surface area contributed by atoms with Gasteiger partial charge in [-0.3, -0.25) is 14.2 Å². The Hall–Kier alpha value is -3.65. The van der Waals surface area contributed by atoms with E-state index >= 15 is 0 Å². The average molecular weight is 478 g/mol. The number of hydrogen-bond donors (Lipinski definition) is 1. The maximum absolute atomic E-state index is 13.7. The Morgan fingerprint density at radius 1 is 1.18 bits per heavy atom. The summed E-state index contributed by atoms with van der Waals surface area (Å²) in [4.78, 5) is 34.3. The molecule has 0 aliphatic carbocycles. The number of nitrogens with zero attached hydrogens (tertiary/aromatic N) is 3. The number of allylic oxidation sites excluding steroid dienone is 1. The molecule has 1 aliphatic heterocycles. The number of benzene rings is 2. The number of para-hydroxylation sites is 1. The Bertz CT molecular complexity index is 1430. The first-order valence-electron chi connectivity index (χ1n) is 11.1. The van der Waals surface area contributed by atoms with Crippen molar-refractivity contribution in [2.75, 3.05) is 20.2 Å². The Kier molecular flexibility index (Phi) is 6.70. The highest BCUT2D eigenvalue weighted by Gasteiger charge is 2.35. The molecule has 8 heteroatoms. The first-order chi connectivity index (χ1) is 16.4. The molecule has 0 bridgehead atoms. The number of rotatable bonds is 6. The van der Waals surface area contributed by atoms with Gasteiger partial charge in [-0.1, -0.05) is 41.7 Å². The summed E-state index contributed by atoms with van der Waals surface area (Å²) in [5.41, 5.74) is 2.34. The maximum Gasteiger partial charge on any atom is 0.271 e. The van der Waals surface area contributed by atoms with Gasteiger partial charge in [0.1, 0.15) is 17.5 Å². The van der Waals surface area contributed by atoms with Gasteiger partial charge in [-0.25, -0.2) is 4.99 Å². The van der Waals surface area contributed by atoms with Crippen LogP contribution in [0.1, 0.15) is 37.9 Å². The second-order valence-electron chi connectivity index (χ2n) is 7.89. The van der Waals surface area contributed by atoms with Crippen LogP contribution in [0, 0.1) is 0 Å². The van der Waals surface area contributed by atoms with E-state index in [9.17, 15) is 14.7 Å². The molecule has 3 aromatic rings. The van der Waals surface area contributed by atoms with Crippen LogP contribution < -0.4 is 19.6 Å². The number of carbonyl (C=O) groups is 1. The van der Waals surface area contributed by atoms with Gasteiger partial charge >= 0.3 is 0 Å². The summed E-state index contributed by atoms with van der Waals surface area (Å²) in [5.74, 6) is 0.611. The zero-order chi connectivity index (χ0) is 24.4. The third-order valence-corrected chi connectivity index (χ3v) is 6.91. The molecule has 34 heavy (non-hydrogen) atoms. The van der Waals surface area contributed by atoms with Crippen LogP contribution in [0.15, 0.2) is 69.6 Å². The van der Waals surface area contributed by atoms with Crippen LogP contribution in [-0.2, 0) is 4.79 Å². The Balaban J connectivity index is 1.99. The Morgan fingerprint density at radius 2 is 1.85 bits per heavy atom. The fourth-order valence-corrected chi connectivity index (χ4v) is 5.23. The molecule has 0 spiro atoms. The van der Waals surface area contributed by atoms with Crippen LogP contribution in [-0.4, -0.2) is 40.7 Å². The minimum atomic E-state index is -0.664. The van der Waals surface area contributed by atoms with Crippen LogP contribution in [0.5, 0.6) is 11.5 Å². The fraction of sp³-hybridized carbons (Fsp3) is 0.269. The van der Waals surface area contributed by atoms with Crippen molar-refractivity contribution < 1.29 is 14.6 Å². The summed E-state index contributed by atoms with van der Waals surface area (Å²) in [5, 5.41) is 9.57. The van der Waals surface area contributed by atoms with Gasteiger partial charge in [-0.2, -0.15) is 0 Å². The SMILES string of the molecule is CCN(CC)C(=O)C1=C(C)N=c2sc(=Cc3ccc(O)cc3)c(=O)n2[C@H]1c1ccccc1OC. The van der Waals surface area contributed by atoms with E-state index in [0.29, 0.717) is 39.4 Å². The molecule has 0 radical (unpaired) electrons. The molecule has 0 saturated carbocycles. The van der Waals surface area contributed by atoms with Gasteiger partial charge in [0.05, 0.1) is 22.9 Å². The van der Waals surface area contributed by atoms with Crippen molar-refractivity contribution in [2.45, 2.75) is 26.8 Å². The highest BCUT2D eigenvalue weighted by atomic mass is 32.1. The minimum Gasteiger partial charge on any atom is -0.508 e. The lowest BCUT2D eigenvalue weighted by molar-refractivity contribution is -0.127. The molecule has 1 aliphatic rings. The number of hydrogen-bond acceptors (Lipinski definition) is 6. The number of fused-ring (bicyclic) bond motifs is 1. The zero-order valence-electron chi connectivity index (χ0n) is 19.6. The quantitative estimate of drug-likeness (QED) is 0.592. The lowest BCUT2D eigenvalue weighted by Gasteiger charge is -2.29. The second kappa shape index (κ2) is 9.69. The van der Waals surface area contributed by atoms with Crippen molar-refractivity contribution in [3.05, 3.63) is 90.6 Å². The van der Waals surface area contributed by atoms with E-state index in [-0.39, 0.29) is 17.2 Å². The number of thiazole rings is 1. The number of methoxy groups -OCH3 is 1. The van der Waals surface area contributed by atoms with Crippen molar-refractivity contribution >= 4 is 23.3 Å². The number of aromatic hydroxyl groups is 1. The number of phenols is 1. The number of amides is 1. The molecule has 4 rings (SSSR count). The molecule has 2 aromatic carbocycles. The highest BCUT2D eigenvalue weighted by molar-refractivity contribution is 7.07. The molecule has 1 N–H and O–H groups in total. The molecule has 176 valence electrons. The van der Waals surface area contributed by atoms with E-state index in [0.717, 1.165) is 11.1 Å². The van der Waals surface area contributed by atoms with E-state index in [1.807, 2.05) is 45.0 Å². The number of carbonyl (C=O) groups excluding carboxylic acids is 1. The first kappa shape index (κ1) is 23.5. The largest absolute Gasteiger partial charge is 0.508 e. The lowest BCUT2D eigenvalue weighted by Crippen LogP contribution is -2.43. The third kappa shape index (κ3) is 4.17. The molecule has 2 heterocycles. The normalized spacial score (nSPS) is 15.6. The average Bonchev–Trinajstić information content (AvgIpc) is 3.14. The summed E-state index contributed by atoms with van der Waals surface area (Å²) in [7, 11) is 1.58. The fourth-order valence-electron chi connectivity index (χ4n) is 4.18. The van der Waals surface area contributed by atoms with Gasteiger partial charge in [0.25, 0.3) is 11.5 Å². The number of ether oxygens (including phenoxy) is 1. The summed E-state index contributed by atoms with van der Waals surface area (Å²) >= 11 is 1.28. The van der Waals surface area contributed by atoms with Gasteiger partial charge in [0.15, 0.2) is 4.80 Å². The number of aromatic nitrogens is 1. The molecule has 0 unspecified atom stereocenters. The van der Waals surface area contributed by atoms with Gasteiger partial charge in [-0.15, -0.1) is 0 Å². The van der Waals surface area contributed by atoms with Crippen LogP contribution in [0.3, 0.4) is 0 Å². The van der Waals surface area contributed by atoms with Gasteiger partial charge < -0.3 is 14.7 Å². The second-order valence-corrected chi connectivity index (χ2v) is 8.90. The monoisotopic (exact) mass is 477 g/mol. The number of phenolic OH excluding ortho intramolecular Hbond substituents is 1. The molecule has 0 fully saturated rings. The van der Waals surface area contributed by atoms with E-state index in [4.69, 9.17) is 4.74 Å². The smallest absolute Gasteiger partial charge is 0.271 e. The van der Waals surface area contributed by atoms with Gasteiger partial charge in [0.2, 0.25) is 0 Å². The van der Waals surface area contributed by atoms with Crippen molar-refractivity contribution in [2.24, 2.45) is 4.99 Å². The van der Waals surface area contributed by atoms with Crippen LogP contribution >= 0.6 is 11.3 Å². The maximum atomic E-state index is 13.7. The van der Waals surface area contributed by atoms with Crippen molar-refractivity contribution in [1.82, 2.24) is 9.47 Å². The lowest BCUT2D eigenvalue weighted by atomic mass is 9.94. The molecular weight excluding hydrogens is 450 g/mol. The number of likely N-dealkylation sites (N-methyl/N-ethyl adjacent to an activating group) is 1. The van der Waals surface area contributed by atoms with Crippen molar-refractivity contribution in [3.63, 3.8) is 0 Å². The molecular formula is C26H27N3O4S. The summed E-state index contributed by atoms with van der Waals surface area (Å²) in [6, 6.07) is 13.4. The first-order valence-corrected chi connectivity index (χ1v) is 11.9. The minimum absolute atomic E-state index is 0.144. The predicted molar refractivity (Wildman–Crippen MR) is 133 cm³/mol.